The van der Waals surface area contributed by atoms with Crippen molar-refractivity contribution in [2.45, 2.75) is 0 Å². The molecular weight excluding hydrogens is 352 g/mol. The van der Waals surface area contributed by atoms with E-state index in [1.807, 2.05) is 24.3 Å². The third kappa shape index (κ3) is 4.42. The Balaban J connectivity index is 1.48. The van der Waals surface area contributed by atoms with Crippen molar-refractivity contribution in [1.29, 1.82) is 0 Å². The smallest absolute Gasteiger partial charge is 0.337 e. The Morgan fingerprint density at radius 2 is 1.96 bits per heavy atom. The number of benzene rings is 2. The van der Waals surface area contributed by atoms with Gasteiger partial charge < -0.3 is 10.1 Å². The van der Waals surface area contributed by atoms with Crippen molar-refractivity contribution >= 4 is 44.8 Å². The fraction of sp³-hybridized carbons (Fsp3) is 0.111. The van der Waals surface area contributed by atoms with Gasteiger partial charge in [-0.1, -0.05) is 35.6 Å². The van der Waals surface area contributed by atoms with Gasteiger partial charge in [0.1, 0.15) is 0 Å². The number of hydrogen-bond donors (Lipinski definition) is 2. The number of fused-ring (bicyclic) bond motifs is 1. The van der Waals surface area contributed by atoms with Crippen molar-refractivity contribution in [2.24, 2.45) is 5.10 Å². The molecule has 0 bridgehead atoms. The first kappa shape index (κ1) is 17.6. The summed E-state index contributed by atoms with van der Waals surface area (Å²) in [6.45, 7) is 0.0679. The number of ether oxygens (including phenoxy) is 1. The summed E-state index contributed by atoms with van der Waals surface area (Å²) < 4.78 is 5.69. The van der Waals surface area contributed by atoms with Gasteiger partial charge in [0.25, 0.3) is 5.91 Å². The van der Waals surface area contributed by atoms with Gasteiger partial charge in [0, 0.05) is 0 Å². The highest BCUT2D eigenvalue weighted by molar-refractivity contribution is 7.22. The number of methoxy groups -OCH3 is 1. The lowest BCUT2D eigenvalue weighted by Crippen LogP contribution is -2.25. The van der Waals surface area contributed by atoms with E-state index in [-0.39, 0.29) is 12.5 Å². The van der Waals surface area contributed by atoms with Crippen LogP contribution in [0.4, 0.5) is 5.13 Å². The minimum absolute atomic E-state index is 0.0679. The summed E-state index contributed by atoms with van der Waals surface area (Å²) in [6.07, 6.45) is 1.50. The first-order valence-electron chi connectivity index (χ1n) is 7.75. The summed E-state index contributed by atoms with van der Waals surface area (Å²) in [7, 11) is 1.33. The second kappa shape index (κ2) is 8.21. The lowest BCUT2D eigenvalue weighted by Gasteiger charge is -2.01. The Labute approximate surface area is 153 Å². The lowest BCUT2D eigenvalue weighted by molar-refractivity contribution is -0.119. The van der Waals surface area contributed by atoms with Gasteiger partial charge >= 0.3 is 5.97 Å². The zero-order valence-electron chi connectivity index (χ0n) is 13.9. The van der Waals surface area contributed by atoms with Crippen LogP contribution in [-0.4, -0.2) is 36.7 Å². The molecule has 0 saturated heterocycles. The topological polar surface area (TPSA) is 92.7 Å². The van der Waals surface area contributed by atoms with E-state index in [9.17, 15) is 9.59 Å². The molecule has 132 valence electrons. The Bertz CT molecular complexity index is 917. The number of carbonyl (C=O) groups is 2. The van der Waals surface area contributed by atoms with E-state index in [2.05, 4.69) is 25.6 Å². The zero-order chi connectivity index (χ0) is 18.4. The van der Waals surface area contributed by atoms with Crippen LogP contribution in [0.15, 0.2) is 53.6 Å². The van der Waals surface area contributed by atoms with Crippen LogP contribution in [0.2, 0.25) is 0 Å². The van der Waals surface area contributed by atoms with Crippen LogP contribution in [0, 0.1) is 0 Å². The van der Waals surface area contributed by atoms with Crippen molar-refractivity contribution in [3.63, 3.8) is 0 Å². The number of carbonyl (C=O) groups excluding carboxylic acids is 2. The fourth-order valence-electron chi connectivity index (χ4n) is 2.15. The first-order valence-corrected chi connectivity index (χ1v) is 8.57. The maximum atomic E-state index is 11.8. The van der Waals surface area contributed by atoms with Gasteiger partial charge in [0.05, 0.1) is 35.6 Å². The minimum Gasteiger partial charge on any atom is -0.465 e. The van der Waals surface area contributed by atoms with Gasteiger partial charge in [0.15, 0.2) is 5.13 Å². The van der Waals surface area contributed by atoms with Crippen molar-refractivity contribution < 1.29 is 14.3 Å². The SMILES string of the molecule is COC(=O)c1ccc(/C=N\NC(=O)CNc2nc3ccccc3s2)cc1. The van der Waals surface area contributed by atoms with Crippen LogP contribution in [0.5, 0.6) is 0 Å². The third-order valence-electron chi connectivity index (χ3n) is 3.43. The molecule has 0 atom stereocenters. The molecule has 1 amide bonds. The van der Waals surface area contributed by atoms with E-state index >= 15 is 0 Å². The van der Waals surface area contributed by atoms with Crippen LogP contribution in [-0.2, 0) is 9.53 Å². The number of esters is 1. The number of nitrogens with one attached hydrogen (secondary N) is 2. The third-order valence-corrected chi connectivity index (χ3v) is 4.42. The molecule has 7 nitrogen and oxygen atoms in total. The van der Waals surface area contributed by atoms with E-state index < -0.39 is 5.97 Å². The highest BCUT2D eigenvalue weighted by Gasteiger charge is 2.05. The van der Waals surface area contributed by atoms with Crippen molar-refractivity contribution in [1.82, 2.24) is 10.4 Å². The molecule has 0 aliphatic carbocycles. The molecule has 0 unspecified atom stereocenters. The zero-order valence-corrected chi connectivity index (χ0v) is 14.7. The highest BCUT2D eigenvalue weighted by atomic mass is 32.1. The number of rotatable bonds is 6. The van der Waals surface area contributed by atoms with E-state index in [1.54, 1.807) is 24.3 Å². The van der Waals surface area contributed by atoms with Gasteiger partial charge in [0.2, 0.25) is 0 Å². The molecule has 0 saturated carbocycles. The van der Waals surface area contributed by atoms with Crippen LogP contribution in [0.25, 0.3) is 10.2 Å². The van der Waals surface area contributed by atoms with E-state index in [0.29, 0.717) is 10.7 Å². The fourth-order valence-corrected chi connectivity index (χ4v) is 3.01. The van der Waals surface area contributed by atoms with Gasteiger partial charge in [-0.05, 0) is 29.8 Å². The second-order valence-corrected chi connectivity index (χ2v) is 6.28. The quantitative estimate of drug-likeness (QED) is 0.396. The molecule has 1 heterocycles. The van der Waals surface area contributed by atoms with E-state index in [0.717, 1.165) is 15.8 Å². The van der Waals surface area contributed by atoms with Crippen LogP contribution >= 0.6 is 11.3 Å². The largest absolute Gasteiger partial charge is 0.465 e. The Kier molecular flexibility index (Phi) is 5.55. The second-order valence-electron chi connectivity index (χ2n) is 5.25. The standard InChI is InChI=1S/C18H16N4O3S/c1-25-17(24)13-8-6-12(7-9-13)10-20-22-16(23)11-19-18-21-14-4-2-3-5-15(14)26-18/h2-10H,11H2,1H3,(H,19,21)(H,22,23)/b20-10-. The van der Waals surface area contributed by atoms with Crippen molar-refractivity contribution in [3.8, 4) is 0 Å². The molecule has 0 aliphatic rings. The average Bonchev–Trinajstić information content (AvgIpc) is 3.09. The maximum Gasteiger partial charge on any atom is 0.337 e. The molecule has 0 spiro atoms. The van der Waals surface area contributed by atoms with Gasteiger partial charge in [-0.2, -0.15) is 5.10 Å². The molecule has 1 aromatic heterocycles. The molecule has 0 radical (unpaired) electrons. The van der Waals surface area contributed by atoms with Gasteiger partial charge in [-0.15, -0.1) is 0 Å². The predicted octanol–water partition coefficient (Wildman–Crippen LogP) is 2.65. The summed E-state index contributed by atoms with van der Waals surface area (Å²) in [5.74, 6) is -0.686. The molecule has 2 N–H and O–H groups in total. The summed E-state index contributed by atoms with van der Waals surface area (Å²) >= 11 is 1.49. The Hall–Kier alpha value is -3.26. The number of anilines is 1. The predicted molar refractivity (Wildman–Crippen MR) is 102 cm³/mol. The molecule has 2 aromatic carbocycles. The Morgan fingerprint density at radius 3 is 2.69 bits per heavy atom. The number of thiazole rings is 1. The molecule has 0 aliphatic heterocycles. The monoisotopic (exact) mass is 368 g/mol. The Morgan fingerprint density at radius 1 is 1.19 bits per heavy atom. The lowest BCUT2D eigenvalue weighted by atomic mass is 10.1. The summed E-state index contributed by atoms with van der Waals surface area (Å²) in [6, 6.07) is 14.4. The van der Waals surface area contributed by atoms with Crippen LogP contribution in [0.1, 0.15) is 15.9 Å². The van der Waals surface area contributed by atoms with Crippen LogP contribution in [0.3, 0.4) is 0 Å². The van der Waals surface area contributed by atoms with Gasteiger partial charge in [-0.3, -0.25) is 4.79 Å². The molecular formula is C18H16N4O3S. The molecule has 3 aromatic rings. The number of para-hydroxylation sites is 1. The summed E-state index contributed by atoms with van der Waals surface area (Å²) in [5.41, 5.74) is 4.53. The average molecular weight is 368 g/mol. The number of nitrogens with zero attached hydrogens (tertiary/aromatic N) is 2. The van der Waals surface area contributed by atoms with E-state index in [4.69, 9.17) is 0 Å². The molecule has 26 heavy (non-hydrogen) atoms. The number of aromatic nitrogens is 1. The van der Waals surface area contributed by atoms with Crippen LogP contribution < -0.4 is 10.7 Å². The molecule has 8 heteroatoms. The van der Waals surface area contributed by atoms with Crippen molar-refractivity contribution in [3.05, 3.63) is 59.7 Å². The first-order chi connectivity index (χ1) is 12.7. The number of amides is 1. The van der Waals surface area contributed by atoms with E-state index in [1.165, 1.54) is 24.7 Å². The summed E-state index contributed by atoms with van der Waals surface area (Å²) in [5, 5.41) is 7.56. The van der Waals surface area contributed by atoms with Crippen molar-refractivity contribution in [2.75, 3.05) is 19.0 Å². The number of hydrogen-bond acceptors (Lipinski definition) is 7. The van der Waals surface area contributed by atoms with Gasteiger partial charge in [-0.25, -0.2) is 15.2 Å². The highest BCUT2D eigenvalue weighted by Crippen LogP contribution is 2.24. The maximum absolute atomic E-state index is 11.8. The summed E-state index contributed by atoms with van der Waals surface area (Å²) in [4.78, 5) is 27.6. The number of hydrazone groups is 1. The normalized spacial score (nSPS) is 10.8. The molecule has 0 fully saturated rings. The molecule has 3 rings (SSSR count). The minimum atomic E-state index is -0.400.